The molecule has 7 aromatic rings. The van der Waals surface area contributed by atoms with E-state index in [1.807, 2.05) is 24.3 Å². The lowest BCUT2D eigenvalue weighted by molar-refractivity contribution is 0.936. The number of rotatable bonds is 1. The molecule has 0 unspecified atom stereocenters. The van der Waals surface area contributed by atoms with Crippen LogP contribution < -0.4 is 0 Å². The Labute approximate surface area is 179 Å². The average Bonchev–Trinajstić information content (AvgIpc) is 3.42. The second kappa shape index (κ2) is 5.99. The maximum atomic E-state index is 5.06. The fourth-order valence-corrected chi connectivity index (χ4v) is 5.26. The van der Waals surface area contributed by atoms with Gasteiger partial charge in [-0.2, -0.15) is 5.10 Å². The molecule has 0 aliphatic rings. The van der Waals surface area contributed by atoms with Crippen LogP contribution in [0.3, 0.4) is 0 Å². The predicted octanol–water partition coefficient (Wildman–Crippen LogP) is 4.96. The fourth-order valence-electron chi connectivity index (χ4n) is 4.14. The van der Waals surface area contributed by atoms with Crippen molar-refractivity contribution in [2.45, 2.75) is 6.92 Å². The summed E-state index contributed by atoms with van der Waals surface area (Å²) in [6.07, 6.45) is 3.25. The Bertz CT molecular complexity index is 1800. The normalized spacial score (nSPS) is 12.0. The van der Waals surface area contributed by atoms with Crippen molar-refractivity contribution < 1.29 is 0 Å². The zero-order valence-electron chi connectivity index (χ0n) is 16.3. The van der Waals surface area contributed by atoms with Gasteiger partial charge in [0.15, 0.2) is 5.65 Å². The Morgan fingerprint density at radius 2 is 1.74 bits per heavy atom. The Kier molecular flexibility index (Phi) is 3.23. The molecule has 31 heavy (non-hydrogen) atoms. The van der Waals surface area contributed by atoms with Crippen LogP contribution in [0.2, 0.25) is 0 Å². The summed E-state index contributed by atoms with van der Waals surface area (Å²) in [5.41, 5.74) is 7.36. The molecule has 7 rings (SSSR count). The van der Waals surface area contributed by atoms with Crippen LogP contribution in [0.25, 0.3) is 59.1 Å². The van der Waals surface area contributed by atoms with Gasteiger partial charge in [0.2, 0.25) is 0 Å². The van der Waals surface area contributed by atoms with Gasteiger partial charge in [-0.05, 0) is 18.6 Å². The molecule has 0 aliphatic heterocycles. The molecule has 0 fully saturated rings. The van der Waals surface area contributed by atoms with E-state index in [9.17, 15) is 0 Å². The number of thiophene rings is 1. The van der Waals surface area contributed by atoms with E-state index in [-0.39, 0.29) is 0 Å². The highest BCUT2D eigenvalue weighted by molar-refractivity contribution is 7.26. The number of pyridine rings is 1. The Morgan fingerprint density at radius 3 is 2.65 bits per heavy atom. The Hall–Kier alpha value is -4.04. The van der Waals surface area contributed by atoms with Crippen molar-refractivity contribution in [1.29, 1.82) is 0 Å². The molecule has 5 aromatic heterocycles. The van der Waals surface area contributed by atoms with Crippen molar-refractivity contribution >= 4 is 59.4 Å². The standard InChI is InChI=1S/C23H13N7S/c1-12-6-8-13(9-7-12)16-17-20-21(22-24-10-26-30(22)11-25-20)31-23(17)27-18-14-4-2-3-5-15(14)28-29-19(16)18/h2-11H,1H3. The summed E-state index contributed by atoms with van der Waals surface area (Å²) in [6, 6.07) is 16.5. The minimum Gasteiger partial charge on any atom is -0.234 e. The highest BCUT2D eigenvalue weighted by atomic mass is 32.1. The predicted molar refractivity (Wildman–Crippen MR) is 122 cm³/mol. The minimum atomic E-state index is 0.776. The molecular weight excluding hydrogens is 406 g/mol. The summed E-state index contributed by atoms with van der Waals surface area (Å²) in [7, 11) is 0. The van der Waals surface area contributed by atoms with Gasteiger partial charge >= 0.3 is 0 Å². The lowest BCUT2D eigenvalue weighted by Gasteiger charge is -2.10. The second-order valence-electron chi connectivity index (χ2n) is 7.50. The van der Waals surface area contributed by atoms with Crippen LogP contribution in [-0.2, 0) is 0 Å². The first-order valence-corrected chi connectivity index (χ1v) is 10.6. The van der Waals surface area contributed by atoms with Crippen molar-refractivity contribution in [3.05, 3.63) is 66.7 Å². The van der Waals surface area contributed by atoms with E-state index in [1.54, 1.807) is 28.5 Å². The third-order valence-electron chi connectivity index (χ3n) is 5.62. The second-order valence-corrected chi connectivity index (χ2v) is 8.50. The quantitative estimate of drug-likeness (QED) is 0.350. The summed E-state index contributed by atoms with van der Waals surface area (Å²) in [4.78, 5) is 15.1. The summed E-state index contributed by atoms with van der Waals surface area (Å²) < 4.78 is 2.65. The van der Waals surface area contributed by atoms with Crippen molar-refractivity contribution in [2.24, 2.45) is 0 Å². The zero-order valence-corrected chi connectivity index (χ0v) is 17.1. The summed E-state index contributed by atoms with van der Waals surface area (Å²) in [5.74, 6) is 0. The van der Waals surface area contributed by atoms with E-state index in [0.29, 0.717) is 0 Å². The third kappa shape index (κ3) is 2.27. The molecule has 0 saturated heterocycles. The van der Waals surface area contributed by atoms with Gasteiger partial charge in [0.05, 0.1) is 11.0 Å². The molecule has 0 amide bonds. The maximum Gasteiger partial charge on any atom is 0.176 e. The van der Waals surface area contributed by atoms with Crippen molar-refractivity contribution in [2.75, 3.05) is 0 Å². The highest BCUT2D eigenvalue weighted by Gasteiger charge is 2.21. The number of aryl methyl sites for hydroxylation is 1. The van der Waals surface area contributed by atoms with Crippen LogP contribution in [0.4, 0.5) is 0 Å². The summed E-state index contributed by atoms with van der Waals surface area (Å²) in [6.45, 7) is 2.08. The molecule has 2 aromatic carbocycles. The number of hydrogen-bond acceptors (Lipinski definition) is 7. The summed E-state index contributed by atoms with van der Waals surface area (Å²) >= 11 is 1.59. The van der Waals surface area contributed by atoms with Gasteiger partial charge in [-0.1, -0.05) is 48.0 Å². The lowest BCUT2D eigenvalue weighted by atomic mass is 9.99. The molecule has 0 spiro atoms. The van der Waals surface area contributed by atoms with Crippen molar-refractivity contribution in [3.63, 3.8) is 0 Å². The molecule has 0 atom stereocenters. The van der Waals surface area contributed by atoms with Crippen molar-refractivity contribution in [1.82, 2.24) is 34.8 Å². The SMILES string of the molecule is Cc1ccc(-c2c3nnc4ccccc4c3nc3sc4c(ncn5ncnc45)c23)cc1. The molecule has 0 radical (unpaired) electrons. The summed E-state index contributed by atoms with van der Waals surface area (Å²) in [5, 5.41) is 15.3. The van der Waals surface area contributed by atoms with Crippen LogP contribution in [0.5, 0.6) is 0 Å². The highest BCUT2D eigenvalue weighted by Crippen LogP contribution is 2.43. The monoisotopic (exact) mass is 419 g/mol. The van der Waals surface area contributed by atoms with Gasteiger partial charge in [0.1, 0.15) is 33.2 Å². The molecule has 7 nitrogen and oxygen atoms in total. The molecule has 8 heteroatoms. The van der Waals surface area contributed by atoms with E-state index in [2.05, 4.69) is 51.5 Å². The van der Waals surface area contributed by atoms with Gasteiger partial charge in [0, 0.05) is 16.3 Å². The van der Waals surface area contributed by atoms with Gasteiger partial charge < -0.3 is 0 Å². The smallest absolute Gasteiger partial charge is 0.176 e. The molecular formula is C23H13N7S. The first-order chi connectivity index (χ1) is 15.3. The van der Waals surface area contributed by atoms with Crippen LogP contribution >= 0.6 is 11.3 Å². The number of aromatic nitrogens is 7. The number of fused-ring (bicyclic) bond motifs is 8. The average molecular weight is 419 g/mol. The van der Waals surface area contributed by atoms with E-state index < -0.39 is 0 Å². The molecule has 0 saturated carbocycles. The molecule has 0 N–H and O–H groups in total. The van der Waals surface area contributed by atoms with Gasteiger partial charge in [0.25, 0.3) is 0 Å². The molecule has 146 valence electrons. The minimum absolute atomic E-state index is 0.776. The molecule has 5 heterocycles. The fraction of sp³-hybridized carbons (Fsp3) is 0.0435. The van der Waals surface area contributed by atoms with Crippen LogP contribution in [0, 0.1) is 6.92 Å². The number of benzene rings is 2. The molecule has 0 bridgehead atoms. The van der Waals surface area contributed by atoms with Gasteiger partial charge in [-0.25, -0.2) is 19.5 Å². The zero-order chi connectivity index (χ0) is 20.5. The van der Waals surface area contributed by atoms with Crippen molar-refractivity contribution in [3.8, 4) is 11.1 Å². The largest absolute Gasteiger partial charge is 0.234 e. The van der Waals surface area contributed by atoms with Gasteiger partial charge in [-0.15, -0.1) is 21.5 Å². The van der Waals surface area contributed by atoms with Gasteiger partial charge in [-0.3, -0.25) is 0 Å². The van der Waals surface area contributed by atoms with Crippen LogP contribution in [0.1, 0.15) is 5.56 Å². The van der Waals surface area contributed by atoms with Crippen LogP contribution in [0.15, 0.2) is 61.2 Å². The Morgan fingerprint density at radius 1 is 0.871 bits per heavy atom. The topological polar surface area (TPSA) is 81.8 Å². The lowest BCUT2D eigenvalue weighted by Crippen LogP contribution is -1.95. The van der Waals surface area contributed by atoms with E-state index in [4.69, 9.17) is 9.97 Å². The van der Waals surface area contributed by atoms with E-state index in [0.717, 1.165) is 59.1 Å². The van der Waals surface area contributed by atoms with Crippen LogP contribution in [-0.4, -0.2) is 34.8 Å². The molecule has 0 aliphatic carbocycles. The Balaban J connectivity index is 1.76. The van der Waals surface area contributed by atoms with E-state index >= 15 is 0 Å². The first-order valence-electron chi connectivity index (χ1n) is 9.81. The maximum absolute atomic E-state index is 5.06. The third-order valence-corrected chi connectivity index (χ3v) is 6.69. The van der Waals surface area contributed by atoms with E-state index in [1.165, 1.54) is 5.56 Å². The number of hydrogen-bond donors (Lipinski definition) is 0. The number of nitrogens with zero attached hydrogens (tertiary/aromatic N) is 7. The first kappa shape index (κ1) is 16.7.